The van der Waals surface area contributed by atoms with Crippen molar-refractivity contribution < 1.29 is 4.79 Å². The minimum Gasteiger partial charge on any atom is -0.383 e. The van der Waals surface area contributed by atoms with Crippen LogP contribution in [0.15, 0.2) is 24.7 Å². The third-order valence-electron chi connectivity index (χ3n) is 4.54. The van der Waals surface area contributed by atoms with Crippen molar-refractivity contribution in [2.24, 2.45) is 13.0 Å². The average molecular weight is 325 g/mol. The molecule has 1 saturated heterocycles. The molecule has 4 heterocycles. The Morgan fingerprint density at radius 2 is 2.25 bits per heavy atom. The second-order valence-corrected chi connectivity index (χ2v) is 6.24. The van der Waals surface area contributed by atoms with Gasteiger partial charge in [-0.3, -0.25) is 4.68 Å². The smallest absolute Gasteiger partial charge is 0.167 e. The zero-order valence-electron chi connectivity index (χ0n) is 13.5. The number of nitrogens with two attached hydrogens (primary N) is 1. The number of rotatable bonds is 4. The monoisotopic (exact) mass is 325 g/mol. The fourth-order valence-corrected chi connectivity index (χ4v) is 3.27. The van der Waals surface area contributed by atoms with Gasteiger partial charge in [0.25, 0.3) is 0 Å². The first-order valence-electron chi connectivity index (χ1n) is 7.97. The van der Waals surface area contributed by atoms with E-state index in [-0.39, 0.29) is 0 Å². The van der Waals surface area contributed by atoms with Crippen molar-refractivity contribution in [1.82, 2.24) is 24.4 Å². The first kappa shape index (κ1) is 14.7. The molecule has 0 radical (unpaired) electrons. The van der Waals surface area contributed by atoms with E-state index >= 15 is 0 Å². The predicted molar refractivity (Wildman–Crippen MR) is 90.6 cm³/mol. The van der Waals surface area contributed by atoms with Crippen molar-refractivity contribution in [2.45, 2.75) is 12.8 Å². The molecule has 0 saturated carbocycles. The summed E-state index contributed by atoms with van der Waals surface area (Å²) >= 11 is 0. The number of aromatic nitrogens is 5. The first-order chi connectivity index (χ1) is 11.7. The molecule has 1 unspecified atom stereocenters. The maximum atomic E-state index is 10.7. The van der Waals surface area contributed by atoms with Crippen LogP contribution in [-0.4, -0.2) is 43.8 Å². The minimum absolute atomic E-state index is 0.393. The van der Waals surface area contributed by atoms with Gasteiger partial charge in [0.1, 0.15) is 17.9 Å². The molecule has 0 bridgehead atoms. The van der Waals surface area contributed by atoms with Gasteiger partial charge in [0.2, 0.25) is 0 Å². The van der Waals surface area contributed by atoms with E-state index in [0.717, 1.165) is 48.4 Å². The van der Waals surface area contributed by atoms with Gasteiger partial charge < -0.3 is 15.4 Å². The molecule has 1 fully saturated rings. The largest absolute Gasteiger partial charge is 0.383 e. The van der Waals surface area contributed by atoms with Crippen molar-refractivity contribution >= 4 is 23.6 Å². The summed E-state index contributed by atoms with van der Waals surface area (Å²) < 4.78 is 3.39. The van der Waals surface area contributed by atoms with Crippen LogP contribution in [0.3, 0.4) is 0 Å². The van der Waals surface area contributed by atoms with Gasteiger partial charge in [0.15, 0.2) is 5.65 Å². The molecule has 0 amide bonds. The molecule has 1 atom stereocenters. The molecule has 8 nitrogen and oxygen atoms in total. The van der Waals surface area contributed by atoms with Crippen LogP contribution in [0.1, 0.15) is 12.8 Å². The fraction of sp³-hybridized carbons (Fsp3) is 0.375. The summed E-state index contributed by atoms with van der Waals surface area (Å²) in [7, 11) is 1.87. The van der Waals surface area contributed by atoms with Crippen molar-refractivity contribution in [3.63, 3.8) is 0 Å². The quantitative estimate of drug-likeness (QED) is 0.723. The number of aldehydes is 1. The Hall–Kier alpha value is -2.90. The Kier molecular flexibility index (Phi) is 3.44. The van der Waals surface area contributed by atoms with Crippen LogP contribution in [0.2, 0.25) is 0 Å². The molecule has 4 rings (SSSR count). The first-order valence-corrected chi connectivity index (χ1v) is 7.97. The lowest BCUT2D eigenvalue weighted by Gasteiger charge is -2.18. The summed E-state index contributed by atoms with van der Waals surface area (Å²) in [6.45, 7) is 1.72. The van der Waals surface area contributed by atoms with Crippen molar-refractivity contribution in [1.29, 1.82) is 0 Å². The molecule has 0 aliphatic carbocycles. The standard InChI is InChI=1S/C16H19N7O/c1-21-10-12(7-18-21)13-8-19-23-14(17)6-15(20-16(13)23)22-4-2-11(9-22)3-5-24/h5-8,10-11H,2-4,9,17H2,1H3. The van der Waals surface area contributed by atoms with E-state index in [1.54, 1.807) is 21.6 Å². The summed E-state index contributed by atoms with van der Waals surface area (Å²) in [4.78, 5) is 17.7. The maximum Gasteiger partial charge on any atom is 0.167 e. The van der Waals surface area contributed by atoms with Gasteiger partial charge in [-0.15, -0.1) is 0 Å². The third kappa shape index (κ3) is 2.40. The minimum atomic E-state index is 0.393. The zero-order valence-corrected chi connectivity index (χ0v) is 13.5. The van der Waals surface area contributed by atoms with E-state index in [4.69, 9.17) is 10.7 Å². The highest BCUT2D eigenvalue weighted by Gasteiger charge is 2.24. The van der Waals surface area contributed by atoms with Gasteiger partial charge in [-0.1, -0.05) is 0 Å². The van der Waals surface area contributed by atoms with Gasteiger partial charge in [-0.2, -0.15) is 14.7 Å². The summed E-state index contributed by atoms with van der Waals surface area (Å²) in [6, 6.07) is 1.84. The van der Waals surface area contributed by atoms with Crippen LogP contribution < -0.4 is 10.6 Å². The lowest BCUT2D eigenvalue weighted by Crippen LogP contribution is -2.21. The van der Waals surface area contributed by atoms with E-state index in [2.05, 4.69) is 15.1 Å². The molecule has 0 aromatic carbocycles. The summed E-state index contributed by atoms with van der Waals surface area (Å²) in [6.07, 6.45) is 8.08. The molecule has 8 heteroatoms. The molecule has 0 spiro atoms. The van der Waals surface area contributed by atoms with E-state index in [0.29, 0.717) is 18.2 Å². The molecule has 3 aromatic heterocycles. The normalized spacial score (nSPS) is 17.7. The number of nitrogens with zero attached hydrogens (tertiary/aromatic N) is 6. The van der Waals surface area contributed by atoms with Crippen LogP contribution in [0.4, 0.5) is 11.6 Å². The molecule has 3 aromatic rings. The van der Waals surface area contributed by atoms with Crippen molar-refractivity contribution in [3.8, 4) is 11.1 Å². The number of aryl methyl sites for hydroxylation is 1. The number of nitrogen functional groups attached to an aromatic ring is 1. The summed E-state index contributed by atoms with van der Waals surface area (Å²) in [5, 5.41) is 8.55. The Labute approximate surface area is 138 Å². The maximum absolute atomic E-state index is 10.7. The number of carbonyl (C=O) groups excluding carboxylic acids is 1. The van der Waals surface area contributed by atoms with Crippen LogP contribution in [0.5, 0.6) is 0 Å². The summed E-state index contributed by atoms with van der Waals surface area (Å²) in [5.74, 6) is 1.77. The van der Waals surface area contributed by atoms with E-state index in [9.17, 15) is 4.79 Å². The highest BCUT2D eigenvalue weighted by atomic mass is 16.1. The predicted octanol–water partition coefficient (Wildman–Crippen LogP) is 1.13. The van der Waals surface area contributed by atoms with E-state index < -0.39 is 0 Å². The number of carbonyl (C=O) groups is 1. The molecular weight excluding hydrogens is 306 g/mol. The zero-order chi connectivity index (χ0) is 16.7. The Morgan fingerprint density at radius 1 is 1.38 bits per heavy atom. The Balaban J connectivity index is 1.74. The van der Waals surface area contributed by atoms with Gasteiger partial charge in [0, 0.05) is 49.9 Å². The lowest BCUT2D eigenvalue weighted by atomic mass is 10.1. The third-order valence-corrected chi connectivity index (χ3v) is 4.54. The van der Waals surface area contributed by atoms with E-state index in [1.165, 1.54) is 0 Å². The van der Waals surface area contributed by atoms with Crippen LogP contribution in [0, 0.1) is 5.92 Å². The molecular formula is C16H19N7O. The molecule has 2 N–H and O–H groups in total. The summed E-state index contributed by atoms with van der Waals surface area (Å²) in [5.41, 5.74) is 8.75. The number of hydrogen-bond acceptors (Lipinski definition) is 6. The number of fused-ring (bicyclic) bond motifs is 1. The van der Waals surface area contributed by atoms with Crippen molar-refractivity contribution in [2.75, 3.05) is 23.7 Å². The van der Waals surface area contributed by atoms with Gasteiger partial charge in [-0.05, 0) is 12.3 Å². The topological polar surface area (TPSA) is 94.3 Å². The second-order valence-electron chi connectivity index (χ2n) is 6.24. The van der Waals surface area contributed by atoms with Gasteiger partial charge in [-0.25, -0.2) is 4.98 Å². The Bertz CT molecular complexity index is 897. The van der Waals surface area contributed by atoms with Gasteiger partial charge in [0.05, 0.1) is 12.4 Å². The Morgan fingerprint density at radius 3 is 3.00 bits per heavy atom. The molecule has 124 valence electrons. The van der Waals surface area contributed by atoms with Crippen LogP contribution >= 0.6 is 0 Å². The highest BCUT2D eigenvalue weighted by molar-refractivity contribution is 5.78. The number of anilines is 2. The van der Waals surface area contributed by atoms with E-state index in [1.807, 2.05) is 19.3 Å². The van der Waals surface area contributed by atoms with Crippen LogP contribution in [-0.2, 0) is 11.8 Å². The lowest BCUT2D eigenvalue weighted by molar-refractivity contribution is -0.108. The fourth-order valence-electron chi connectivity index (χ4n) is 3.27. The van der Waals surface area contributed by atoms with Gasteiger partial charge >= 0.3 is 0 Å². The SMILES string of the molecule is Cn1cc(-c2cnn3c(N)cc(N4CCC(CC=O)C4)nc23)cn1. The molecule has 24 heavy (non-hydrogen) atoms. The second kappa shape index (κ2) is 5.63. The molecule has 1 aliphatic rings. The average Bonchev–Trinajstić information content (AvgIpc) is 3.26. The number of hydrogen-bond donors (Lipinski definition) is 1. The molecule has 1 aliphatic heterocycles. The van der Waals surface area contributed by atoms with Crippen molar-refractivity contribution in [3.05, 3.63) is 24.7 Å². The van der Waals surface area contributed by atoms with Crippen LogP contribution in [0.25, 0.3) is 16.8 Å². The highest BCUT2D eigenvalue weighted by Crippen LogP contribution is 2.29.